The summed E-state index contributed by atoms with van der Waals surface area (Å²) in [6, 6.07) is 4.73. The third-order valence-electron chi connectivity index (χ3n) is 3.90. The molecule has 1 aromatic rings. The lowest BCUT2D eigenvalue weighted by Gasteiger charge is -2.31. The molecule has 1 fully saturated rings. The first-order valence-corrected chi connectivity index (χ1v) is 7.20. The van der Waals surface area contributed by atoms with Crippen LogP contribution < -0.4 is 5.73 Å². The summed E-state index contributed by atoms with van der Waals surface area (Å²) in [5.74, 6) is -0.189. The number of nitrogens with two attached hydrogens (primary N) is 1. The van der Waals surface area contributed by atoms with E-state index in [0.717, 1.165) is 25.7 Å². The zero-order valence-electron chi connectivity index (χ0n) is 10.7. The van der Waals surface area contributed by atoms with Crippen LogP contribution in [0, 0.1) is 5.82 Å². The third-order valence-corrected chi connectivity index (χ3v) is 4.13. The Morgan fingerprint density at radius 2 is 1.72 bits per heavy atom. The van der Waals surface area contributed by atoms with Gasteiger partial charge in [-0.2, -0.15) is 0 Å². The fraction of sp³-hybridized carbons (Fsp3) is 0.600. The average molecular weight is 270 g/mol. The summed E-state index contributed by atoms with van der Waals surface area (Å²) >= 11 is 5.93. The Labute approximate surface area is 114 Å². The minimum absolute atomic E-state index is 0.189. The minimum Gasteiger partial charge on any atom is -0.325 e. The van der Waals surface area contributed by atoms with Crippen molar-refractivity contribution < 1.29 is 4.39 Å². The molecule has 1 saturated carbocycles. The molecule has 0 saturated heterocycles. The molecule has 1 aliphatic rings. The maximum atomic E-state index is 13.8. The number of rotatable bonds is 2. The second kappa shape index (κ2) is 6.03. The van der Waals surface area contributed by atoms with E-state index in [1.165, 1.54) is 25.3 Å². The summed E-state index contributed by atoms with van der Waals surface area (Å²) in [6.07, 6.45) is 8.67. The van der Waals surface area contributed by atoms with Gasteiger partial charge in [0.2, 0.25) is 0 Å². The number of hydrogen-bond acceptors (Lipinski definition) is 1. The highest BCUT2D eigenvalue weighted by Crippen LogP contribution is 2.29. The topological polar surface area (TPSA) is 26.0 Å². The molecule has 0 spiro atoms. The highest BCUT2D eigenvalue weighted by molar-refractivity contribution is 6.30. The van der Waals surface area contributed by atoms with Crippen LogP contribution in [-0.4, -0.2) is 5.54 Å². The van der Waals surface area contributed by atoms with Crippen LogP contribution in [-0.2, 0) is 6.42 Å². The van der Waals surface area contributed by atoms with Crippen LogP contribution in [0.4, 0.5) is 4.39 Å². The molecule has 0 radical (unpaired) electrons. The molecule has 0 aromatic heterocycles. The van der Waals surface area contributed by atoms with Crippen molar-refractivity contribution in [2.75, 3.05) is 0 Å². The third kappa shape index (κ3) is 3.69. The van der Waals surface area contributed by atoms with Crippen LogP contribution >= 0.6 is 11.6 Å². The van der Waals surface area contributed by atoms with Crippen LogP contribution in [0.5, 0.6) is 0 Å². The molecule has 18 heavy (non-hydrogen) atoms. The predicted molar refractivity (Wildman–Crippen MR) is 74.4 cm³/mol. The zero-order valence-corrected chi connectivity index (χ0v) is 11.5. The number of benzene rings is 1. The Hall–Kier alpha value is -0.600. The fourth-order valence-electron chi connectivity index (χ4n) is 2.84. The molecule has 2 rings (SSSR count). The van der Waals surface area contributed by atoms with Gasteiger partial charge in [-0.25, -0.2) is 4.39 Å². The molecule has 1 aliphatic carbocycles. The molecule has 0 unspecified atom stereocenters. The van der Waals surface area contributed by atoms with Crippen molar-refractivity contribution >= 4 is 11.6 Å². The smallest absolute Gasteiger partial charge is 0.126 e. The molecule has 3 heteroatoms. The lowest BCUT2D eigenvalue weighted by atomic mass is 9.80. The molecule has 0 aliphatic heterocycles. The van der Waals surface area contributed by atoms with Crippen LogP contribution in [0.1, 0.15) is 50.5 Å². The Bertz CT molecular complexity index is 397. The van der Waals surface area contributed by atoms with Gasteiger partial charge in [-0.15, -0.1) is 0 Å². The summed E-state index contributed by atoms with van der Waals surface area (Å²) in [5.41, 5.74) is 6.87. The average Bonchev–Trinajstić information content (AvgIpc) is 2.30. The lowest BCUT2D eigenvalue weighted by Crippen LogP contribution is -2.42. The van der Waals surface area contributed by atoms with Crippen molar-refractivity contribution in [2.45, 2.75) is 56.9 Å². The molecular weight excluding hydrogens is 249 g/mol. The molecule has 1 nitrogen and oxygen atoms in total. The molecule has 2 N–H and O–H groups in total. The first-order valence-electron chi connectivity index (χ1n) is 6.82. The largest absolute Gasteiger partial charge is 0.325 e. The second-order valence-electron chi connectivity index (χ2n) is 5.54. The minimum atomic E-state index is -0.258. The standard InChI is InChI=1S/C15H21ClFN/c16-13-6-7-14(17)12(10-13)11-15(18)8-4-2-1-3-5-9-15/h6-7,10H,1-5,8-9,11,18H2. The van der Waals surface area contributed by atoms with E-state index in [1.807, 2.05) is 0 Å². The predicted octanol–water partition coefficient (Wildman–Crippen LogP) is 4.46. The van der Waals surface area contributed by atoms with Crippen LogP contribution in [0.25, 0.3) is 0 Å². The van der Waals surface area contributed by atoms with Gasteiger partial charge < -0.3 is 5.73 Å². The maximum absolute atomic E-state index is 13.8. The Morgan fingerprint density at radius 1 is 1.11 bits per heavy atom. The molecule has 100 valence electrons. The lowest BCUT2D eigenvalue weighted by molar-refractivity contribution is 0.311. The summed E-state index contributed by atoms with van der Waals surface area (Å²) in [5, 5.41) is 0.584. The normalized spacial score (nSPS) is 20.2. The summed E-state index contributed by atoms with van der Waals surface area (Å²) in [4.78, 5) is 0. The first-order chi connectivity index (χ1) is 8.59. The van der Waals surface area contributed by atoms with Crippen molar-refractivity contribution in [3.63, 3.8) is 0 Å². The quantitative estimate of drug-likeness (QED) is 0.843. The molecule has 0 heterocycles. The van der Waals surface area contributed by atoms with Crippen LogP contribution in [0.2, 0.25) is 5.02 Å². The second-order valence-corrected chi connectivity index (χ2v) is 5.98. The van der Waals surface area contributed by atoms with Gasteiger partial charge in [-0.3, -0.25) is 0 Å². The number of hydrogen-bond donors (Lipinski definition) is 1. The van der Waals surface area contributed by atoms with Crippen molar-refractivity contribution in [1.82, 2.24) is 0 Å². The van der Waals surface area contributed by atoms with Crippen LogP contribution in [0.15, 0.2) is 18.2 Å². The number of halogens is 2. The van der Waals surface area contributed by atoms with Gasteiger partial charge in [0.15, 0.2) is 0 Å². The molecule has 0 atom stereocenters. The van der Waals surface area contributed by atoms with Gasteiger partial charge in [0.05, 0.1) is 0 Å². The maximum Gasteiger partial charge on any atom is 0.126 e. The first kappa shape index (κ1) is 13.8. The summed E-state index contributed by atoms with van der Waals surface area (Å²) in [6.45, 7) is 0. The SMILES string of the molecule is NC1(Cc2cc(Cl)ccc2F)CCCCCCC1. The van der Waals surface area contributed by atoms with Gasteiger partial charge in [-0.1, -0.05) is 43.7 Å². The Morgan fingerprint density at radius 3 is 2.39 bits per heavy atom. The van der Waals surface area contributed by atoms with Gasteiger partial charge in [-0.05, 0) is 43.0 Å². The fourth-order valence-corrected chi connectivity index (χ4v) is 3.04. The van der Waals surface area contributed by atoms with E-state index in [1.54, 1.807) is 12.1 Å². The zero-order chi connectivity index (χ0) is 13.0. The Balaban J connectivity index is 2.11. The van der Waals surface area contributed by atoms with E-state index in [4.69, 9.17) is 17.3 Å². The van der Waals surface area contributed by atoms with E-state index in [0.29, 0.717) is 17.0 Å². The van der Waals surface area contributed by atoms with Crippen molar-refractivity contribution in [1.29, 1.82) is 0 Å². The summed E-state index contributed by atoms with van der Waals surface area (Å²) in [7, 11) is 0. The van der Waals surface area contributed by atoms with E-state index in [-0.39, 0.29) is 11.4 Å². The van der Waals surface area contributed by atoms with Gasteiger partial charge in [0, 0.05) is 10.6 Å². The molecule has 0 amide bonds. The van der Waals surface area contributed by atoms with Gasteiger partial charge >= 0.3 is 0 Å². The van der Waals surface area contributed by atoms with E-state index >= 15 is 0 Å². The summed E-state index contributed by atoms with van der Waals surface area (Å²) < 4.78 is 13.8. The van der Waals surface area contributed by atoms with E-state index in [9.17, 15) is 4.39 Å². The van der Waals surface area contributed by atoms with Gasteiger partial charge in [0.25, 0.3) is 0 Å². The Kier molecular flexibility index (Phi) is 4.63. The molecular formula is C15H21ClFN. The van der Waals surface area contributed by atoms with Crippen molar-refractivity contribution in [3.8, 4) is 0 Å². The highest BCUT2D eigenvalue weighted by atomic mass is 35.5. The molecule has 1 aromatic carbocycles. The van der Waals surface area contributed by atoms with Gasteiger partial charge in [0.1, 0.15) is 5.82 Å². The van der Waals surface area contributed by atoms with Crippen molar-refractivity contribution in [2.24, 2.45) is 5.73 Å². The highest BCUT2D eigenvalue weighted by Gasteiger charge is 2.26. The van der Waals surface area contributed by atoms with E-state index < -0.39 is 0 Å². The van der Waals surface area contributed by atoms with Crippen molar-refractivity contribution in [3.05, 3.63) is 34.6 Å². The molecule has 0 bridgehead atoms. The van der Waals surface area contributed by atoms with E-state index in [2.05, 4.69) is 0 Å². The van der Waals surface area contributed by atoms with Crippen LogP contribution in [0.3, 0.4) is 0 Å². The monoisotopic (exact) mass is 269 g/mol.